The molecule has 1 rings (SSSR count). The average Bonchev–Trinajstić information content (AvgIpc) is 2.49. The first-order valence-corrected chi connectivity index (χ1v) is 8.80. The molecule has 8 heteroatoms. The largest absolute Gasteiger partial charge is 0.351 e. The van der Waals surface area contributed by atoms with Crippen LogP contribution in [0.3, 0.4) is 0 Å². The van der Waals surface area contributed by atoms with E-state index in [1.54, 1.807) is 12.1 Å². The number of carbonyl (C=O) groups is 1. The minimum atomic E-state index is -4.03. The maximum absolute atomic E-state index is 11.3. The van der Waals surface area contributed by atoms with E-state index in [1.807, 2.05) is 0 Å². The summed E-state index contributed by atoms with van der Waals surface area (Å²) in [5.41, 5.74) is 0.341. The molecule has 0 radical (unpaired) electrons. The van der Waals surface area contributed by atoms with Crippen LogP contribution in [0.4, 0.5) is 0 Å². The summed E-state index contributed by atoms with van der Waals surface area (Å²) in [5, 5.41) is 2.34. The number of rotatable bonds is 7. The van der Waals surface area contributed by atoms with Crippen molar-refractivity contribution in [2.24, 2.45) is 0 Å². The van der Waals surface area contributed by atoms with Crippen molar-refractivity contribution in [3.05, 3.63) is 30.1 Å². The van der Waals surface area contributed by atoms with Crippen LogP contribution >= 0.6 is 0 Å². The van der Waals surface area contributed by atoms with Crippen molar-refractivity contribution < 1.29 is 17.8 Å². The molecule has 0 aliphatic rings. The number of pyridine rings is 1. The lowest BCUT2D eigenvalue weighted by atomic mass is 10.3. The van der Waals surface area contributed by atoms with Crippen LogP contribution in [0, 0.1) is 0 Å². The molecule has 0 fully saturated rings. The van der Waals surface area contributed by atoms with E-state index >= 15 is 0 Å². The molecule has 126 valence electrons. The van der Waals surface area contributed by atoms with Crippen molar-refractivity contribution in [1.29, 1.82) is 0 Å². The normalized spacial score (nSPS) is 10.8. The van der Waals surface area contributed by atoms with E-state index in [0.29, 0.717) is 5.56 Å². The monoisotopic (exact) mass is 331 g/mol. The first kappa shape index (κ1) is 20.5. The molecule has 1 aromatic heterocycles. The minimum absolute atomic E-state index is 0.132. The van der Waals surface area contributed by atoms with Crippen LogP contribution in [0.2, 0.25) is 0 Å². The third kappa shape index (κ3) is 10.3. The van der Waals surface area contributed by atoms with E-state index in [4.69, 9.17) is 4.55 Å². The zero-order valence-electron chi connectivity index (χ0n) is 13.3. The number of hydrogen-bond acceptors (Lipinski definition) is 5. The molecule has 1 heterocycles. The van der Waals surface area contributed by atoms with Gasteiger partial charge in [0.15, 0.2) is 0 Å². The lowest BCUT2D eigenvalue weighted by Gasteiger charge is -2.13. The predicted octanol–water partition coefficient (Wildman–Crippen LogP) is 1.05. The molecule has 0 aliphatic heterocycles. The Morgan fingerprint density at radius 2 is 1.86 bits per heavy atom. The molecule has 7 nitrogen and oxygen atoms in total. The first-order chi connectivity index (χ1) is 10.3. The van der Waals surface area contributed by atoms with Gasteiger partial charge in [0.25, 0.3) is 16.0 Å². The average molecular weight is 331 g/mol. The van der Waals surface area contributed by atoms with Gasteiger partial charge < -0.3 is 10.2 Å². The Bertz CT molecular complexity index is 511. The number of hydrogen-bond donors (Lipinski definition) is 2. The maximum Gasteiger partial charge on any atom is 0.266 e. The van der Waals surface area contributed by atoms with Crippen LogP contribution in [0.25, 0.3) is 0 Å². The fraction of sp³-hybridized carbons (Fsp3) is 0.571. The number of carbonyl (C=O) groups excluding carboxylic acids is 1. The van der Waals surface area contributed by atoms with Gasteiger partial charge in [-0.2, -0.15) is 8.42 Å². The van der Waals surface area contributed by atoms with Gasteiger partial charge in [-0.15, -0.1) is 0 Å². The van der Waals surface area contributed by atoms with Gasteiger partial charge in [-0.05, 0) is 31.8 Å². The summed E-state index contributed by atoms with van der Waals surface area (Å²) in [4.78, 5) is 17.4. The second-order valence-electron chi connectivity index (χ2n) is 4.40. The van der Waals surface area contributed by atoms with Crippen LogP contribution in [-0.4, -0.2) is 60.7 Å². The van der Waals surface area contributed by atoms with Crippen molar-refractivity contribution in [2.45, 2.75) is 20.8 Å². The highest BCUT2D eigenvalue weighted by Crippen LogP contribution is 1.94. The molecule has 0 aromatic carbocycles. The van der Waals surface area contributed by atoms with Gasteiger partial charge in [-0.25, -0.2) is 0 Å². The molecule has 0 spiro atoms. The first-order valence-electron chi connectivity index (χ1n) is 7.19. The zero-order chi connectivity index (χ0) is 17.0. The van der Waals surface area contributed by atoms with Crippen molar-refractivity contribution in [1.82, 2.24) is 15.2 Å². The molecule has 0 atom stereocenters. The highest BCUT2D eigenvalue weighted by atomic mass is 32.2. The molecular weight excluding hydrogens is 306 g/mol. The van der Waals surface area contributed by atoms with Crippen molar-refractivity contribution in [2.75, 3.05) is 31.9 Å². The second-order valence-corrected chi connectivity index (χ2v) is 5.98. The van der Waals surface area contributed by atoms with Crippen LogP contribution in [0.1, 0.15) is 31.1 Å². The van der Waals surface area contributed by atoms with Crippen LogP contribution in [-0.2, 0) is 10.1 Å². The Hall–Kier alpha value is -1.51. The Labute approximate surface area is 132 Å². The molecule has 22 heavy (non-hydrogen) atoms. The van der Waals surface area contributed by atoms with Crippen LogP contribution < -0.4 is 5.32 Å². The smallest absolute Gasteiger partial charge is 0.266 e. The molecule has 0 saturated carbocycles. The van der Waals surface area contributed by atoms with Crippen molar-refractivity contribution in [3.8, 4) is 0 Å². The summed E-state index contributed by atoms with van der Waals surface area (Å²) < 4.78 is 29.1. The number of nitrogens with one attached hydrogen (secondary N) is 1. The molecule has 0 aliphatic carbocycles. The lowest BCUT2D eigenvalue weighted by Crippen LogP contribution is -2.28. The Balaban J connectivity index is 0.000000534. The molecular formula is C14H25N3O4S. The third-order valence-electron chi connectivity index (χ3n) is 2.91. The summed E-state index contributed by atoms with van der Waals surface area (Å²) in [6.45, 7) is 9.99. The topological polar surface area (TPSA) is 99.6 Å². The molecule has 0 unspecified atom stereocenters. The SMILES string of the molecule is CCN(CC)CC.O=C(NCCS(=O)(=O)O)c1cccnc1. The molecule has 1 amide bonds. The highest BCUT2D eigenvalue weighted by molar-refractivity contribution is 7.85. The lowest BCUT2D eigenvalue weighted by molar-refractivity contribution is 0.0955. The quantitative estimate of drug-likeness (QED) is 0.724. The maximum atomic E-state index is 11.3. The Kier molecular flexibility index (Phi) is 10.3. The summed E-state index contributed by atoms with van der Waals surface area (Å²) in [5.74, 6) is -0.925. The number of amides is 1. The Morgan fingerprint density at radius 1 is 1.27 bits per heavy atom. The van der Waals surface area contributed by atoms with E-state index < -0.39 is 21.8 Å². The number of aromatic nitrogens is 1. The van der Waals surface area contributed by atoms with E-state index in [2.05, 4.69) is 36.0 Å². The predicted molar refractivity (Wildman–Crippen MR) is 86.4 cm³/mol. The van der Waals surface area contributed by atoms with E-state index in [1.165, 1.54) is 32.0 Å². The van der Waals surface area contributed by atoms with Gasteiger partial charge in [0.1, 0.15) is 0 Å². The zero-order valence-corrected chi connectivity index (χ0v) is 14.1. The molecule has 2 N–H and O–H groups in total. The molecule has 1 aromatic rings. The summed E-state index contributed by atoms with van der Waals surface area (Å²) in [7, 11) is -4.03. The van der Waals surface area contributed by atoms with Gasteiger partial charge in [-0.3, -0.25) is 14.3 Å². The van der Waals surface area contributed by atoms with E-state index in [0.717, 1.165) is 0 Å². The standard InChI is InChI=1S/C8H10N2O4S.C6H15N/c11-8(7-2-1-3-9-6-7)10-4-5-15(12,13)14;1-4-7(5-2)6-3/h1-3,6H,4-5H2,(H,10,11)(H,12,13,14);4-6H2,1-3H3. The summed E-state index contributed by atoms with van der Waals surface area (Å²) in [6, 6.07) is 3.15. The van der Waals surface area contributed by atoms with Crippen molar-refractivity contribution >= 4 is 16.0 Å². The van der Waals surface area contributed by atoms with Gasteiger partial charge in [0.05, 0.1) is 11.3 Å². The van der Waals surface area contributed by atoms with Gasteiger partial charge >= 0.3 is 0 Å². The summed E-state index contributed by atoms with van der Waals surface area (Å²) in [6.07, 6.45) is 2.89. The van der Waals surface area contributed by atoms with Gasteiger partial charge in [0, 0.05) is 18.9 Å². The molecule has 0 saturated heterocycles. The highest BCUT2D eigenvalue weighted by Gasteiger charge is 2.07. The fourth-order valence-corrected chi connectivity index (χ4v) is 1.92. The minimum Gasteiger partial charge on any atom is -0.351 e. The molecule has 0 bridgehead atoms. The van der Waals surface area contributed by atoms with Gasteiger partial charge in [0.2, 0.25) is 0 Å². The van der Waals surface area contributed by atoms with E-state index in [-0.39, 0.29) is 6.54 Å². The van der Waals surface area contributed by atoms with Crippen molar-refractivity contribution in [3.63, 3.8) is 0 Å². The second kappa shape index (κ2) is 11.1. The van der Waals surface area contributed by atoms with E-state index in [9.17, 15) is 13.2 Å². The van der Waals surface area contributed by atoms with Crippen LogP contribution in [0.15, 0.2) is 24.5 Å². The Morgan fingerprint density at radius 3 is 2.23 bits per heavy atom. The van der Waals surface area contributed by atoms with Crippen LogP contribution in [0.5, 0.6) is 0 Å². The summed E-state index contributed by atoms with van der Waals surface area (Å²) >= 11 is 0. The fourth-order valence-electron chi connectivity index (χ4n) is 1.56. The third-order valence-corrected chi connectivity index (χ3v) is 3.63. The van der Waals surface area contributed by atoms with Gasteiger partial charge in [-0.1, -0.05) is 20.8 Å². The number of nitrogens with zero attached hydrogens (tertiary/aromatic N) is 2.